The Morgan fingerprint density at radius 2 is 1.89 bits per heavy atom. The number of carbonyl (C=O) groups excluding carboxylic acids is 1. The summed E-state index contributed by atoms with van der Waals surface area (Å²) in [4.78, 5) is 28.1. The average Bonchev–Trinajstić information content (AvgIpc) is 3.55. The maximum absolute atomic E-state index is 13.3. The fraction of sp³-hybridized carbons (Fsp3) is 0.207. The van der Waals surface area contributed by atoms with Crippen molar-refractivity contribution in [3.63, 3.8) is 0 Å². The number of aromatic amines is 1. The maximum atomic E-state index is 13.3. The zero-order valence-electron chi connectivity index (χ0n) is 20.2. The van der Waals surface area contributed by atoms with Crippen LogP contribution in [0.25, 0.3) is 33.9 Å². The molecule has 2 aliphatic rings. The number of hydrogen-bond acceptors (Lipinski definition) is 5. The predicted molar refractivity (Wildman–Crippen MR) is 143 cm³/mol. The first kappa shape index (κ1) is 21.7. The molecule has 7 rings (SSSR count). The number of nitrogen functional groups attached to an aromatic ring is 1. The fourth-order valence-corrected chi connectivity index (χ4v) is 5.55. The van der Waals surface area contributed by atoms with Crippen molar-refractivity contribution in [2.24, 2.45) is 0 Å². The van der Waals surface area contributed by atoms with Gasteiger partial charge in [-0.2, -0.15) is 0 Å². The lowest BCUT2D eigenvalue weighted by Crippen LogP contribution is -2.40. The van der Waals surface area contributed by atoms with Gasteiger partial charge < -0.3 is 20.4 Å². The van der Waals surface area contributed by atoms with Crippen LogP contribution < -0.4 is 10.5 Å². The SMILES string of the molecule is Nc1nccn2c(C3CCN(C(=O)C4=Cc5ccccc5OC4)CC3)nc(-c3cc4ccccc4[nH]3)c12. The molecule has 0 unspecified atom stereocenters. The van der Waals surface area contributed by atoms with E-state index in [4.69, 9.17) is 15.5 Å². The van der Waals surface area contributed by atoms with E-state index in [1.807, 2.05) is 53.6 Å². The molecule has 1 amide bonds. The Balaban J connectivity index is 1.16. The lowest BCUT2D eigenvalue weighted by atomic mass is 9.95. The molecule has 0 bridgehead atoms. The molecular formula is C29H26N6O2. The molecular weight excluding hydrogens is 464 g/mol. The molecule has 0 spiro atoms. The van der Waals surface area contributed by atoms with Crippen LogP contribution in [0.4, 0.5) is 5.82 Å². The number of rotatable bonds is 3. The van der Waals surface area contributed by atoms with Gasteiger partial charge in [0.2, 0.25) is 0 Å². The van der Waals surface area contributed by atoms with E-state index in [1.165, 1.54) is 0 Å². The highest BCUT2D eigenvalue weighted by molar-refractivity contribution is 5.99. The van der Waals surface area contributed by atoms with Crippen molar-refractivity contribution >= 4 is 34.2 Å². The van der Waals surface area contributed by atoms with E-state index in [0.29, 0.717) is 31.1 Å². The van der Waals surface area contributed by atoms with E-state index in [2.05, 4.69) is 32.6 Å². The van der Waals surface area contributed by atoms with Gasteiger partial charge in [0.05, 0.1) is 11.3 Å². The first-order valence-corrected chi connectivity index (χ1v) is 12.6. The summed E-state index contributed by atoms with van der Waals surface area (Å²) >= 11 is 0. The van der Waals surface area contributed by atoms with Crippen molar-refractivity contribution in [3.05, 3.63) is 84.0 Å². The number of benzene rings is 2. The molecule has 2 aliphatic heterocycles. The predicted octanol–water partition coefficient (Wildman–Crippen LogP) is 4.64. The third kappa shape index (κ3) is 3.64. The second-order valence-corrected chi connectivity index (χ2v) is 9.68. The lowest BCUT2D eigenvalue weighted by Gasteiger charge is -2.32. The Hall–Kier alpha value is -4.59. The molecule has 184 valence electrons. The minimum absolute atomic E-state index is 0.0492. The van der Waals surface area contributed by atoms with Gasteiger partial charge in [0.25, 0.3) is 5.91 Å². The third-order valence-corrected chi connectivity index (χ3v) is 7.45. The minimum atomic E-state index is 0.0492. The summed E-state index contributed by atoms with van der Waals surface area (Å²) in [6, 6.07) is 18.1. The van der Waals surface area contributed by atoms with Crippen LogP contribution in [0.5, 0.6) is 5.75 Å². The molecule has 3 aromatic heterocycles. The molecule has 0 atom stereocenters. The molecule has 0 saturated carbocycles. The Morgan fingerprint density at radius 1 is 1.08 bits per heavy atom. The van der Waals surface area contributed by atoms with Gasteiger partial charge in [-0.25, -0.2) is 9.97 Å². The van der Waals surface area contributed by atoms with E-state index < -0.39 is 0 Å². The largest absolute Gasteiger partial charge is 0.488 e. The van der Waals surface area contributed by atoms with Crippen LogP contribution in [0.1, 0.15) is 30.1 Å². The highest BCUT2D eigenvalue weighted by atomic mass is 16.5. The molecule has 5 aromatic rings. The van der Waals surface area contributed by atoms with E-state index in [1.54, 1.807) is 6.20 Å². The number of amides is 1. The summed E-state index contributed by atoms with van der Waals surface area (Å²) in [6.07, 6.45) is 7.25. The van der Waals surface area contributed by atoms with E-state index in [9.17, 15) is 4.79 Å². The molecule has 8 nitrogen and oxygen atoms in total. The van der Waals surface area contributed by atoms with Gasteiger partial charge in [-0.3, -0.25) is 9.20 Å². The fourth-order valence-electron chi connectivity index (χ4n) is 5.55. The first-order chi connectivity index (χ1) is 18.2. The van der Waals surface area contributed by atoms with Gasteiger partial charge in [-0.05, 0) is 37.1 Å². The molecule has 0 radical (unpaired) electrons. The number of carbonyl (C=O) groups is 1. The smallest absolute Gasteiger partial charge is 0.253 e. The number of aromatic nitrogens is 4. The van der Waals surface area contributed by atoms with E-state index >= 15 is 0 Å². The second kappa shape index (κ2) is 8.51. The highest BCUT2D eigenvalue weighted by Gasteiger charge is 2.30. The van der Waals surface area contributed by atoms with Crippen molar-refractivity contribution in [1.29, 1.82) is 0 Å². The summed E-state index contributed by atoms with van der Waals surface area (Å²) in [5.41, 5.74) is 11.6. The van der Waals surface area contributed by atoms with E-state index in [0.717, 1.165) is 57.8 Å². The Bertz CT molecular complexity index is 1660. The summed E-state index contributed by atoms with van der Waals surface area (Å²) in [6.45, 7) is 1.64. The van der Waals surface area contributed by atoms with Gasteiger partial charge in [-0.1, -0.05) is 36.4 Å². The van der Waals surface area contributed by atoms with Gasteiger partial charge in [0, 0.05) is 47.9 Å². The summed E-state index contributed by atoms with van der Waals surface area (Å²) < 4.78 is 7.88. The number of para-hydroxylation sites is 2. The van der Waals surface area contributed by atoms with Crippen LogP contribution in [0.2, 0.25) is 0 Å². The number of fused-ring (bicyclic) bond motifs is 3. The number of imidazole rings is 1. The van der Waals surface area contributed by atoms with Gasteiger partial charge in [-0.15, -0.1) is 0 Å². The van der Waals surface area contributed by atoms with Gasteiger partial charge in [0.15, 0.2) is 0 Å². The molecule has 8 heteroatoms. The Labute approximate surface area is 213 Å². The maximum Gasteiger partial charge on any atom is 0.253 e. The van der Waals surface area contributed by atoms with Crippen LogP contribution >= 0.6 is 0 Å². The molecule has 1 saturated heterocycles. The zero-order valence-corrected chi connectivity index (χ0v) is 20.2. The van der Waals surface area contributed by atoms with Gasteiger partial charge in [0.1, 0.15) is 35.2 Å². The van der Waals surface area contributed by atoms with Gasteiger partial charge >= 0.3 is 0 Å². The normalized spacial score (nSPS) is 16.0. The van der Waals surface area contributed by atoms with Crippen LogP contribution in [0, 0.1) is 0 Å². The number of nitrogens with one attached hydrogen (secondary N) is 1. The molecule has 1 fully saturated rings. The van der Waals surface area contributed by atoms with Crippen molar-refractivity contribution in [2.45, 2.75) is 18.8 Å². The van der Waals surface area contributed by atoms with Crippen LogP contribution in [0.3, 0.4) is 0 Å². The van der Waals surface area contributed by atoms with Crippen LogP contribution in [-0.4, -0.2) is 49.9 Å². The number of nitrogens with two attached hydrogens (primary N) is 1. The molecule has 0 aliphatic carbocycles. The number of nitrogens with zero attached hydrogens (tertiary/aromatic N) is 4. The zero-order chi connectivity index (χ0) is 24.9. The van der Waals surface area contributed by atoms with Crippen molar-refractivity contribution < 1.29 is 9.53 Å². The molecule has 3 N–H and O–H groups in total. The van der Waals surface area contributed by atoms with Crippen molar-refractivity contribution in [1.82, 2.24) is 24.3 Å². The second-order valence-electron chi connectivity index (χ2n) is 9.68. The topological polar surface area (TPSA) is 102 Å². The molecule has 37 heavy (non-hydrogen) atoms. The Morgan fingerprint density at radius 3 is 2.76 bits per heavy atom. The summed E-state index contributed by atoms with van der Waals surface area (Å²) in [7, 11) is 0. The monoisotopic (exact) mass is 490 g/mol. The minimum Gasteiger partial charge on any atom is -0.488 e. The number of hydrogen-bond donors (Lipinski definition) is 2. The lowest BCUT2D eigenvalue weighted by molar-refractivity contribution is -0.128. The van der Waals surface area contributed by atoms with Crippen LogP contribution in [0.15, 0.2) is 72.6 Å². The summed E-state index contributed by atoms with van der Waals surface area (Å²) in [5, 5.41) is 1.12. The average molecular weight is 491 g/mol. The number of anilines is 1. The summed E-state index contributed by atoms with van der Waals surface area (Å²) in [5.74, 6) is 2.48. The quantitative estimate of drug-likeness (QED) is 0.384. The van der Waals surface area contributed by atoms with E-state index in [-0.39, 0.29) is 11.8 Å². The molecule has 2 aromatic carbocycles. The first-order valence-electron chi connectivity index (χ1n) is 12.6. The Kier molecular flexibility index (Phi) is 4.99. The number of likely N-dealkylation sites (tertiary alicyclic amines) is 1. The van der Waals surface area contributed by atoms with Crippen molar-refractivity contribution in [3.8, 4) is 17.1 Å². The standard InChI is InChI=1S/C29H26N6O2/c30-27-26-25(23-16-19-5-1-3-7-22(19)32-23)33-28(35(26)14-11-31-27)18-9-12-34(13-10-18)29(36)21-15-20-6-2-4-8-24(20)37-17-21/h1-8,11,14-16,18,32H,9-10,12-13,17H2,(H2,30,31). The highest BCUT2D eigenvalue weighted by Crippen LogP contribution is 2.36. The van der Waals surface area contributed by atoms with Crippen molar-refractivity contribution in [2.75, 3.05) is 25.4 Å². The number of H-pyrrole nitrogens is 1. The third-order valence-electron chi connectivity index (χ3n) is 7.45. The van der Waals surface area contributed by atoms with Crippen LogP contribution in [-0.2, 0) is 4.79 Å². The molecule has 5 heterocycles. The number of ether oxygens (including phenoxy) is 1. The number of piperidine rings is 1.